The first kappa shape index (κ1) is 14.9. The second-order valence-corrected chi connectivity index (χ2v) is 6.62. The molecule has 116 valence electrons. The number of hydrogen-bond acceptors (Lipinski definition) is 3. The van der Waals surface area contributed by atoms with Gasteiger partial charge in [-0.3, -0.25) is 4.90 Å². The van der Waals surface area contributed by atoms with Gasteiger partial charge in [-0.2, -0.15) is 0 Å². The van der Waals surface area contributed by atoms with Crippen molar-refractivity contribution in [2.45, 2.75) is 51.1 Å². The van der Waals surface area contributed by atoms with Crippen LogP contribution in [0.3, 0.4) is 0 Å². The Kier molecular flexibility index (Phi) is 4.51. The van der Waals surface area contributed by atoms with Crippen molar-refractivity contribution >= 4 is 0 Å². The van der Waals surface area contributed by atoms with E-state index in [4.69, 9.17) is 10.5 Å². The molecule has 1 aromatic rings. The highest BCUT2D eigenvalue weighted by Gasteiger charge is 2.38. The number of methoxy groups -OCH3 is 1. The summed E-state index contributed by atoms with van der Waals surface area (Å²) in [5.74, 6) is 1.87. The van der Waals surface area contributed by atoms with Crippen LogP contribution in [-0.2, 0) is 0 Å². The highest BCUT2D eigenvalue weighted by molar-refractivity contribution is 5.37. The molecule has 1 saturated heterocycles. The van der Waals surface area contributed by atoms with Gasteiger partial charge in [-0.25, -0.2) is 0 Å². The van der Waals surface area contributed by atoms with Crippen molar-refractivity contribution in [3.63, 3.8) is 0 Å². The Bertz CT molecular complexity index is 488. The fourth-order valence-corrected chi connectivity index (χ4v) is 4.45. The van der Waals surface area contributed by atoms with Crippen LogP contribution in [0.1, 0.15) is 49.3 Å². The van der Waals surface area contributed by atoms with E-state index < -0.39 is 0 Å². The zero-order valence-electron chi connectivity index (χ0n) is 13.3. The molecule has 0 radical (unpaired) electrons. The van der Waals surface area contributed by atoms with Gasteiger partial charge in [0.25, 0.3) is 0 Å². The minimum absolute atomic E-state index is 0.362. The summed E-state index contributed by atoms with van der Waals surface area (Å²) in [6.45, 7) is 4.02. The number of fused-ring (bicyclic) bond motifs is 1. The van der Waals surface area contributed by atoms with Crippen molar-refractivity contribution in [2.75, 3.05) is 20.2 Å². The van der Waals surface area contributed by atoms with E-state index in [0.29, 0.717) is 12.6 Å². The van der Waals surface area contributed by atoms with Crippen molar-refractivity contribution in [2.24, 2.45) is 11.7 Å². The first-order valence-corrected chi connectivity index (χ1v) is 8.35. The Morgan fingerprint density at radius 1 is 1.29 bits per heavy atom. The van der Waals surface area contributed by atoms with Crippen LogP contribution in [0.15, 0.2) is 18.2 Å². The minimum Gasteiger partial charge on any atom is -0.496 e. The van der Waals surface area contributed by atoms with Gasteiger partial charge >= 0.3 is 0 Å². The Morgan fingerprint density at radius 2 is 2.10 bits per heavy atom. The predicted octanol–water partition coefficient (Wildman–Crippen LogP) is 3.27. The number of hydrogen-bond donors (Lipinski definition) is 1. The Hall–Kier alpha value is -1.06. The number of nitrogens with two attached hydrogens (primary N) is 1. The van der Waals surface area contributed by atoms with Crippen LogP contribution >= 0.6 is 0 Å². The Balaban J connectivity index is 1.85. The molecule has 2 N–H and O–H groups in total. The minimum atomic E-state index is 0.362. The van der Waals surface area contributed by atoms with E-state index in [-0.39, 0.29) is 0 Å². The van der Waals surface area contributed by atoms with E-state index in [9.17, 15) is 0 Å². The van der Waals surface area contributed by atoms with Crippen LogP contribution in [0.5, 0.6) is 5.75 Å². The largest absolute Gasteiger partial charge is 0.496 e. The van der Waals surface area contributed by atoms with Gasteiger partial charge in [-0.05, 0) is 62.3 Å². The van der Waals surface area contributed by atoms with Crippen molar-refractivity contribution in [1.82, 2.24) is 4.90 Å². The van der Waals surface area contributed by atoms with Gasteiger partial charge in [0.05, 0.1) is 7.11 Å². The molecule has 21 heavy (non-hydrogen) atoms. The average molecular weight is 288 g/mol. The van der Waals surface area contributed by atoms with Gasteiger partial charge in [-0.1, -0.05) is 18.6 Å². The third kappa shape index (κ3) is 2.82. The molecule has 3 heteroatoms. The summed E-state index contributed by atoms with van der Waals surface area (Å²) in [5.41, 5.74) is 8.72. The number of piperidine rings is 1. The maximum Gasteiger partial charge on any atom is 0.121 e. The number of nitrogens with zero attached hydrogens (tertiary/aromatic N) is 1. The van der Waals surface area contributed by atoms with E-state index in [1.165, 1.54) is 49.8 Å². The highest BCUT2D eigenvalue weighted by Crippen LogP contribution is 2.40. The Morgan fingerprint density at radius 3 is 2.81 bits per heavy atom. The van der Waals surface area contributed by atoms with Crippen LogP contribution in [0.4, 0.5) is 0 Å². The number of rotatable bonds is 4. The summed E-state index contributed by atoms with van der Waals surface area (Å²) < 4.78 is 5.38. The molecular weight excluding hydrogens is 260 g/mol. The quantitative estimate of drug-likeness (QED) is 0.924. The van der Waals surface area contributed by atoms with Gasteiger partial charge in [0.1, 0.15) is 5.75 Å². The van der Waals surface area contributed by atoms with Crippen LogP contribution < -0.4 is 10.5 Å². The lowest BCUT2D eigenvalue weighted by Gasteiger charge is -2.42. The molecule has 3 nitrogen and oxygen atoms in total. The summed E-state index contributed by atoms with van der Waals surface area (Å²) in [5, 5.41) is 0. The topological polar surface area (TPSA) is 38.5 Å². The number of ether oxygens (including phenoxy) is 1. The second kappa shape index (κ2) is 6.37. The molecule has 1 aliphatic heterocycles. The third-order valence-electron chi connectivity index (χ3n) is 5.46. The van der Waals surface area contributed by atoms with Crippen LogP contribution in [0, 0.1) is 12.8 Å². The molecule has 0 bridgehead atoms. The molecule has 0 aromatic heterocycles. The van der Waals surface area contributed by atoms with Gasteiger partial charge in [0.15, 0.2) is 0 Å². The van der Waals surface area contributed by atoms with E-state index >= 15 is 0 Å². The lowest BCUT2D eigenvalue weighted by atomic mass is 9.89. The summed E-state index contributed by atoms with van der Waals surface area (Å²) >= 11 is 0. The van der Waals surface area contributed by atoms with Crippen molar-refractivity contribution in [3.05, 3.63) is 29.3 Å². The molecule has 1 heterocycles. The number of likely N-dealkylation sites (tertiary alicyclic amines) is 1. The zero-order chi connectivity index (χ0) is 14.8. The van der Waals surface area contributed by atoms with Crippen LogP contribution in [0.2, 0.25) is 0 Å². The standard InChI is InChI=1S/C18H28N2O/c1-13-11-15(8-9-18(13)21-2)17(12-19)20-10-4-6-14-5-3-7-16(14)20/h8-9,11,14,16-17H,3-7,10,12,19H2,1-2H3. The van der Waals surface area contributed by atoms with Gasteiger partial charge in [0.2, 0.25) is 0 Å². The van der Waals surface area contributed by atoms with E-state index in [2.05, 4.69) is 30.0 Å². The summed E-state index contributed by atoms with van der Waals surface area (Å²) in [6, 6.07) is 7.66. The number of benzene rings is 1. The number of aryl methyl sites for hydroxylation is 1. The lowest BCUT2D eigenvalue weighted by molar-refractivity contribution is 0.0701. The molecule has 3 atom stereocenters. The van der Waals surface area contributed by atoms with E-state index in [1.54, 1.807) is 7.11 Å². The van der Waals surface area contributed by atoms with Crippen molar-refractivity contribution in [1.29, 1.82) is 0 Å². The SMILES string of the molecule is COc1ccc(C(CN)N2CCCC3CCCC32)cc1C. The zero-order valence-corrected chi connectivity index (χ0v) is 13.3. The van der Waals surface area contributed by atoms with Gasteiger partial charge < -0.3 is 10.5 Å². The fraction of sp³-hybridized carbons (Fsp3) is 0.667. The molecular formula is C18H28N2O. The predicted molar refractivity (Wildman–Crippen MR) is 86.6 cm³/mol. The second-order valence-electron chi connectivity index (χ2n) is 6.62. The first-order valence-electron chi connectivity index (χ1n) is 8.35. The highest BCUT2D eigenvalue weighted by atomic mass is 16.5. The molecule has 1 aliphatic carbocycles. The summed E-state index contributed by atoms with van der Waals surface area (Å²) in [7, 11) is 1.73. The lowest BCUT2D eigenvalue weighted by Crippen LogP contribution is -2.46. The third-order valence-corrected chi connectivity index (χ3v) is 5.46. The normalized spacial score (nSPS) is 27.4. The van der Waals surface area contributed by atoms with Gasteiger partial charge in [-0.15, -0.1) is 0 Å². The summed E-state index contributed by atoms with van der Waals surface area (Å²) in [6.07, 6.45) is 6.91. The Labute approximate surface area is 128 Å². The van der Waals surface area contributed by atoms with E-state index in [0.717, 1.165) is 17.7 Å². The maximum absolute atomic E-state index is 6.17. The molecule has 0 spiro atoms. The molecule has 2 fully saturated rings. The smallest absolute Gasteiger partial charge is 0.121 e. The fourth-order valence-electron chi connectivity index (χ4n) is 4.45. The van der Waals surface area contributed by atoms with Crippen molar-refractivity contribution in [3.8, 4) is 5.75 Å². The summed E-state index contributed by atoms with van der Waals surface area (Å²) in [4.78, 5) is 2.70. The van der Waals surface area contributed by atoms with Crippen LogP contribution in [0.25, 0.3) is 0 Å². The molecule has 3 unspecified atom stereocenters. The van der Waals surface area contributed by atoms with Crippen LogP contribution in [-0.4, -0.2) is 31.1 Å². The van der Waals surface area contributed by atoms with E-state index in [1.807, 2.05) is 0 Å². The molecule has 1 saturated carbocycles. The molecule has 3 rings (SSSR count). The average Bonchev–Trinajstić information content (AvgIpc) is 2.97. The van der Waals surface area contributed by atoms with Gasteiger partial charge in [0, 0.05) is 18.6 Å². The maximum atomic E-state index is 6.17. The molecule has 2 aliphatic rings. The van der Waals surface area contributed by atoms with Crippen molar-refractivity contribution < 1.29 is 4.74 Å². The molecule has 1 aromatic carbocycles. The first-order chi connectivity index (χ1) is 10.2. The monoisotopic (exact) mass is 288 g/mol. The molecule has 0 amide bonds.